The van der Waals surface area contributed by atoms with Gasteiger partial charge in [-0.1, -0.05) is 123 Å². The molecular formula is C26H28O2Si. The maximum Gasteiger partial charge on any atom is 0.318 e. The third-order valence-corrected chi connectivity index (χ3v) is 9.21. The average Bonchev–Trinajstić information content (AvgIpc) is 2.78. The number of carbonyl (C=O) groups is 1. The second-order valence-electron chi connectivity index (χ2n) is 7.15. The largest absolute Gasteiger partial charge is 0.510 e. The lowest BCUT2D eigenvalue weighted by Crippen LogP contribution is -2.61. The number of hydrogen-bond donors (Lipinski definition) is 0. The van der Waals surface area contributed by atoms with E-state index < -0.39 is 8.32 Å². The van der Waals surface area contributed by atoms with Crippen molar-refractivity contribution in [2.75, 3.05) is 0 Å². The highest BCUT2D eigenvalue weighted by Gasteiger charge is 2.42. The van der Waals surface area contributed by atoms with E-state index in [0.717, 1.165) is 34.8 Å². The van der Waals surface area contributed by atoms with Crippen molar-refractivity contribution in [2.24, 2.45) is 0 Å². The van der Waals surface area contributed by atoms with Crippen molar-refractivity contribution in [1.29, 1.82) is 0 Å². The molecule has 2 nitrogen and oxygen atoms in total. The van der Waals surface area contributed by atoms with Crippen LogP contribution in [-0.2, 0) is 9.22 Å². The summed E-state index contributed by atoms with van der Waals surface area (Å²) in [6.45, 7) is 2.18. The van der Waals surface area contributed by atoms with E-state index in [0.29, 0.717) is 0 Å². The van der Waals surface area contributed by atoms with E-state index in [1.807, 2.05) is 78.9 Å². The van der Waals surface area contributed by atoms with Crippen molar-refractivity contribution in [1.82, 2.24) is 0 Å². The molecule has 3 rings (SSSR count). The third kappa shape index (κ3) is 5.55. The molecule has 0 saturated carbocycles. The highest BCUT2D eigenvalue weighted by atomic mass is 28.4. The molecule has 0 bridgehead atoms. The number of benzene rings is 3. The summed E-state index contributed by atoms with van der Waals surface area (Å²) < 4.78 is 6.40. The second kappa shape index (κ2) is 10.6. The van der Waals surface area contributed by atoms with Crippen LogP contribution in [0.3, 0.4) is 0 Å². The van der Waals surface area contributed by atoms with Crippen LogP contribution in [-0.4, -0.2) is 14.3 Å². The molecule has 0 amide bonds. The average molecular weight is 401 g/mol. The quantitative estimate of drug-likeness (QED) is 0.462. The van der Waals surface area contributed by atoms with Gasteiger partial charge in [0.05, 0.1) is 6.42 Å². The Morgan fingerprint density at radius 1 is 0.828 bits per heavy atom. The Morgan fingerprint density at radius 2 is 1.34 bits per heavy atom. The van der Waals surface area contributed by atoms with Crippen molar-refractivity contribution >= 4 is 30.7 Å². The fourth-order valence-corrected chi connectivity index (χ4v) is 7.59. The Kier molecular flexibility index (Phi) is 7.59. The van der Waals surface area contributed by atoms with Gasteiger partial charge in [-0.05, 0) is 22.0 Å². The molecule has 0 radical (unpaired) electrons. The molecule has 0 atom stereocenters. The minimum Gasteiger partial charge on any atom is -0.510 e. The molecule has 0 saturated heterocycles. The first-order valence-corrected chi connectivity index (χ1v) is 12.4. The highest BCUT2D eigenvalue weighted by molar-refractivity contribution is 6.98. The minimum absolute atomic E-state index is 0.160. The molecule has 0 aliphatic rings. The smallest absolute Gasteiger partial charge is 0.318 e. The molecule has 3 aromatic rings. The lowest BCUT2D eigenvalue weighted by molar-refractivity contribution is -0.134. The fourth-order valence-electron chi connectivity index (χ4n) is 3.56. The van der Waals surface area contributed by atoms with E-state index in [1.165, 1.54) is 0 Å². The lowest BCUT2D eigenvalue weighted by atomic mass is 10.2. The number of unbranched alkanes of at least 4 members (excludes halogenated alkanes) is 1. The van der Waals surface area contributed by atoms with E-state index in [1.54, 1.807) is 0 Å². The molecule has 0 aliphatic carbocycles. The molecule has 29 heavy (non-hydrogen) atoms. The van der Waals surface area contributed by atoms with Gasteiger partial charge in [0.15, 0.2) is 0 Å². The molecule has 3 aromatic carbocycles. The molecule has 0 aromatic heterocycles. The molecule has 0 N–H and O–H groups in total. The van der Waals surface area contributed by atoms with Gasteiger partial charge >= 0.3 is 8.32 Å². The summed E-state index contributed by atoms with van der Waals surface area (Å²) in [6, 6.07) is 31.5. The Balaban J connectivity index is 1.88. The van der Waals surface area contributed by atoms with E-state index in [2.05, 4.69) is 31.2 Å². The molecule has 0 aliphatic heterocycles. The van der Waals surface area contributed by atoms with Crippen LogP contribution >= 0.6 is 0 Å². The van der Waals surface area contributed by atoms with E-state index in [4.69, 9.17) is 4.43 Å². The highest BCUT2D eigenvalue weighted by Crippen LogP contribution is 2.18. The predicted molar refractivity (Wildman–Crippen MR) is 124 cm³/mol. The summed E-state index contributed by atoms with van der Waals surface area (Å²) in [5.41, 5.74) is 1.08. The SMILES string of the molecule is CCCC[Si](OC(=O)C/C=C/c1ccccc1)(c1ccccc1)c1ccccc1. The van der Waals surface area contributed by atoms with Crippen LogP contribution < -0.4 is 10.4 Å². The molecule has 0 heterocycles. The van der Waals surface area contributed by atoms with Crippen molar-refractivity contribution in [3.8, 4) is 0 Å². The molecule has 0 spiro atoms. The lowest BCUT2D eigenvalue weighted by Gasteiger charge is -2.32. The first-order valence-electron chi connectivity index (χ1n) is 10.3. The van der Waals surface area contributed by atoms with Crippen LogP contribution in [0.4, 0.5) is 0 Å². The zero-order valence-corrected chi connectivity index (χ0v) is 18.0. The fraction of sp³-hybridized carbons (Fsp3) is 0.192. The van der Waals surface area contributed by atoms with E-state index in [9.17, 15) is 4.79 Å². The van der Waals surface area contributed by atoms with Gasteiger partial charge < -0.3 is 4.43 Å². The topological polar surface area (TPSA) is 26.3 Å². The summed E-state index contributed by atoms with van der Waals surface area (Å²) in [5.74, 6) is -0.160. The minimum atomic E-state index is -2.64. The maximum absolute atomic E-state index is 12.9. The van der Waals surface area contributed by atoms with Crippen LogP contribution in [0.1, 0.15) is 31.7 Å². The van der Waals surface area contributed by atoms with Crippen molar-refractivity contribution in [3.63, 3.8) is 0 Å². The van der Waals surface area contributed by atoms with Gasteiger partial charge in [0.1, 0.15) is 0 Å². The summed E-state index contributed by atoms with van der Waals surface area (Å²) in [7, 11) is -2.64. The standard InChI is InChI=1S/C26H28O2Si/c1-2-3-22-29(24-17-9-5-10-18-24,25-19-11-6-12-20-25)28-26(27)21-13-16-23-14-7-4-8-15-23/h4-20H,2-3,21-22H2,1H3/b16-13+. The van der Waals surface area contributed by atoms with Crippen LogP contribution in [0.5, 0.6) is 0 Å². The van der Waals surface area contributed by atoms with Crippen LogP contribution in [0.15, 0.2) is 97.1 Å². The zero-order valence-electron chi connectivity index (χ0n) is 17.0. The number of carbonyl (C=O) groups excluding carboxylic acids is 1. The van der Waals surface area contributed by atoms with E-state index >= 15 is 0 Å². The molecule has 0 unspecified atom stereocenters. The van der Waals surface area contributed by atoms with Crippen molar-refractivity contribution in [2.45, 2.75) is 32.2 Å². The van der Waals surface area contributed by atoms with Crippen LogP contribution in [0, 0.1) is 0 Å². The summed E-state index contributed by atoms with van der Waals surface area (Å²) in [4.78, 5) is 12.9. The molecule has 3 heteroatoms. The molecule has 0 fully saturated rings. The van der Waals surface area contributed by atoms with Crippen LogP contribution in [0.2, 0.25) is 6.04 Å². The van der Waals surface area contributed by atoms with Crippen LogP contribution in [0.25, 0.3) is 6.08 Å². The van der Waals surface area contributed by atoms with Gasteiger partial charge in [0, 0.05) is 0 Å². The van der Waals surface area contributed by atoms with Gasteiger partial charge in [-0.15, -0.1) is 0 Å². The Hall–Kier alpha value is -2.91. The van der Waals surface area contributed by atoms with E-state index in [-0.39, 0.29) is 12.4 Å². The van der Waals surface area contributed by atoms with Gasteiger partial charge in [0.2, 0.25) is 0 Å². The predicted octanol–water partition coefficient (Wildman–Crippen LogP) is 5.19. The summed E-state index contributed by atoms with van der Waals surface area (Å²) >= 11 is 0. The maximum atomic E-state index is 12.9. The Bertz CT molecular complexity index is 866. The number of rotatable bonds is 9. The molecule has 148 valence electrons. The first-order chi connectivity index (χ1) is 14.2. The van der Waals surface area contributed by atoms with Gasteiger partial charge in [-0.2, -0.15) is 0 Å². The van der Waals surface area contributed by atoms with Gasteiger partial charge in [0.25, 0.3) is 5.97 Å². The van der Waals surface area contributed by atoms with Gasteiger partial charge in [-0.3, -0.25) is 4.79 Å². The summed E-state index contributed by atoms with van der Waals surface area (Å²) in [6.07, 6.45) is 6.24. The zero-order chi connectivity index (χ0) is 20.4. The normalized spacial score (nSPS) is 11.5. The Labute approximate surface area is 175 Å². The summed E-state index contributed by atoms with van der Waals surface area (Å²) in [5, 5.41) is 2.31. The van der Waals surface area contributed by atoms with Crippen molar-refractivity contribution < 1.29 is 9.22 Å². The monoisotopic (exact) mass is 400 g/mol. The van der Waals surface area contributed by atoms with Crippen molar-refractivity contribution in [3.05, 3.63) is 103 Å². The second-order valence-corrected chi connectivity index (χ2v) is 10.7. The Morgan fingerprint density at radius 3 is 1.86 bits per heavy atom. The third-order valence-electron chi connectivity index (χ3n) is 5.05. The molecular weight excluding hydrogens is 372 g/mol. The van der Waals surface area contributed by atoms with Gasteiger partial charge in [-0.25, -0.2) is 0 Å². The first kappa shape index (κ1) is 20.8. The number of hydrogen-bond acceptors (Lipinski definition) is 2.